The van der Waals surface area contributed by atoms with Gasteiger partial charge in [-0.3, -0.25) is 4.79 Å². The molecule has 22 heavy (non-hydrogen) atoms. The second-order valence-corrected chi connectivity index (χ2v) is 8.74. The topological polar surface area (TPSA) is 80.5 Å². The van der Waals surface area contributed by atoms with Gasteiger partial charge in [0.1, 0.15) is 4.75 Å². The van der Waals surface area contributed by atoms with Crippen LogP contribution in [-0.2, 0) is 14.6 Å². The molecule has 1 aromatic rings. The molecule has 2 atom stereocenters. The van der Waals surface area contributed by atoms with E-state index in [1.54, 1.807) is 4.90 Å². The number of nitrogens with two attached hydrogens (primary N) is 1. The van der Waals surface area contributed by atoms with Gasteiger partial charge in [-0.15, -0.1) is 12.4 Å². The zero-order valence-corrected chi connectivity index (χ0v) is 14.7. The fraction of sp³-hybridized carbons (Fsp3) is 0.533. The number of carbonyl (C=O) groups is 1. The first-order chi connectivity index (χ1) is 9.64. The van der Waals surface area contributed by atoms with E-state index in [1.807, 2.05) is 30.3 Å². The molecular formula is C15H23ClN2O3S. The van der Waals surface area contributed by atoms with Crippen molar-refractivity contribution in [2.45, 2.75) is 30.6 Å². The minimum atomic E-state index is -3.47. The fourth-order valence-corrected chi connectivity index (χ4v) is 3.03. The van der Waals surface area contributed by atoms with Crippen molar-refractivity contribution >= 4 is 28.2 Å². The Morgan fingerprint density at radius 2 is 1.77 bits per heavy atom. The lowest BCUT2D eigenvalue weighted by Gasteiger charge is -2.27. The van der Waals surface area contributed by atoms with Crippen LogP contribution in [0.15, 0.2) is 30.3 Å². The molecule has 1 aliphatic heterocycles. The van der Waals surface area contributed by atoms with Gasteiger partial charge in [-0.25, -0.2) is 8.42 Å². The second kappa shape index (κ2) is 6.56. The Kier molecular flexibility index (Phi) is 5.65. The molecule has 1 saturated heterocycles. The molecule has 5 nitrogen and oxygen atoms in total. The van der Waals surface area contributed by atoms with Gasteiger partial charge in [0.25, 0.3) is 0 Å². The number of hydrogen-bond donors (Lipinski definition) is 1. The Morgan fingerprint density at radius 1 is 1.23 bits per heavy atom. The highest BCUT2D eigenvalue weighted by Crippen LogP contribution is 2.29. The standard InChI is InChI=1S/C15H22N2O3S.ClH/c1-15(2,21(3,19)20)14(18)17-9-12(13(16)10-17)11-7-5-4-6-8-11;/h4-8,12-13H,9-10,16H2,1-3H3;1H/t12-,13+;/m0./s1. The quantitative estimate of drug-likeness (QED) is 0.891. The van der Waals surface area contributed by atoms with Gasteiger partial charge in [0.2, 0.25) is 5.91 Å². The molecule has 2 rings (SSSR count). The molecule has 1 aliphatic rings. The van der Waals surface area contributed by atoms with Crippen molar-refractivity contribution in [3.63, 3.8) is 0 Å². The molecule has 124 valence electrons. The van der Waals surface area contributed by atoms with Crippen molar-refractivity contribution in [3.8, 4) is 0 Å². The van der Waals surface area contributed by atoms with Gasteiger partial charge in [-0.05, 0) is 19.4 Å². The van der Waals surface area contributed by atoms with E-state index in [2.05, 4.69) is 0 Å². The third kappa shape index (κ3) is 3.45. The number of halogens is 1. The number of benzene rings is 1. The summed E-state index contributed by atoms with van der Waals surface area (Å²) in [4.78, 5) is 14.1. The third-order valence-corrected chi connectivity index (χ3v) is 6.35. The fourth-order valence-electron chi connectivity index (χ4n) is 2.59. The van der Waals surface area contributed by atoms with Crippen molar-refractivity contribution in [2.24, 2.45) is 5.73 Å². The van der Waals surface area contributed by atoms with Crippen LogP contribution >= 0.6 is 12.4 Å². The van der Waals surface area contributed by atoms with Crippen molar-refractivity contribution in [2.75, 3.05) is 19.3 Å². The van der Waals surface area contributed by atoms with E-state index in [1.165, 1.54) is 13.8 Å². The molecule has 2 N–H and O–H groups in total. The van der Waals surface area contributed by atoms with Crippen LogP contribution in [-0.4, -0.2) is 49.4 Å². The van der Waals surface area contributed by atoms with E-state index < -0.39 is 14.6 Å². The molecule has 0 saturated carbocycles. The normalized spacial score (nSPS) is 22.3. The van der Waals surface area contributed by atoms with Gasteiger partial charge in [-0.2, -0.15) is 0 Å². The van der Waals surface area contributed by atoms with Crippen LogP contribution in [0, 0.1) is 0 Å². The molecule has 0 aliphatic carbocycles. The zero-order valence-electron chi connectivity index (χ0n) is 13.0. The second-order valence-electron chi connectivity index (χ2n) is 6.17. The van der Waals surface area contributed by atoms with Crippen LogP contribution in [0.3, 0.4) is 0 Å². The highest BCUT2D eigenvalue weighted by atomic mass is 35.5. The molecule has 7 heteroatoms. The van der Waals surface area contributed by atoms with Crippen LogP contribution in [0.5, 0.6) is 0 Å². The van der Waals surface area contributed by atoms with E-state index in [-0.39, 0.29) is 30.3 Å². The molecule has 0 radical (unpaired) electrons. The first-order valence-corrected chi connectivity index (χ1v) is 8.83. The van der Waals surface area contributed by atoms with Crippen LogP contribution < -0.4 is 5.73 Å². The van der Waals surface area contributed by atoms with Gasteiger partial charge in [0.05, 0.1) is 0 Å². The Balaban J connectivity index is 0.00000242. The van der Waals surface area contributed by atoms with Crippen LogP contribution in [0.4, 0.5) is 0 Å². The minimum Gasteiger partial charge on any atom is -0.339 e. The summed E-state index contributed by atoms with van der Waals surface area (Å²) in [5, 5.41) is 0. The number of likely N-dealkylation sites (tertiary alicyclic amines) is 1. The zero-order chi connectivity index (χ0) is 15.8. The Hall–Kier alpha value is -1.11. The highest BCUT2D eigenvalue weighted by molar-refractivity contribution is 7.92. The predicted molar refractivity (Wildman–Crippen MR) is 89.9 cm³/mol. The molecule has 1 amide bonds. The molecule has 0 spiro atoms. The van der Waals surface area contributed by atoms with E-state index in [0.29, 0.717) is 13.1 Å². The smallest absolute Gasteiger partial charge is 0.243 e. The molecule has 0 unspecified atom stereocenters. The summed E-state index contributed by atoms with van der Waals surface area (Å²) >= 11 is 0. The number of carbonyl (C=O) groups excluding carboxylic acids is 1. The average molecular weight is 347 g/mol. The molecular weight excluding hydrogens is 324 g/mol. The van der Waals surface area contributed by atoms with Crippen LogP contribution in [0.25, 0.3) is 0 Å². The van der Waals surface area contributed by atoms with Crippen LogP contribution in [0.1, 0.15) is 25.3 Å². The maximum Gasteiger partial charge on any atom is 0.243 e. The maximum absolute atomic E-state index is 12.5. The summed E-state index contributed by atoms with van der Waals surface area (Å²) in [6.07, 6.45) is 1.09. The van der Waals surface area contributed by atoms with E-state index in [9.17, 15) is 13.2 Å². The maximum atomic E-state index is 12.5. The van der Waals surface area contributed by atoms with E-state index in [4.69, 9.17) is 5.73 Å². The average Bonchev–Trinajstić information content (AvgIpc) is 2.79. The van der Waals surface area contributed by atoms with Gasteiger partial charge >= 0.3 is 0 Å². The molecule has 0 aromatic heterocycles. The lowest BCUT2D eigenvalue weighted by molar-refractivity contribution is -0.132. The summed E-state index contributed by atoms with van der Waals surface area (Å²) < 4.78 is 22.2. The number of hydrogen-bond acceptors (Lipinski definition) is 4. The molecule has 0 bridgehead atoms. The Morgan fingerprint density at radius 3 is 2.27 bits per heavy atom. The van der Waals surface area contributed by atoms with Gasteiger partial charge in [-0.1, -0.05) is 30.3 Å². The SMILES string of the molecule is CC(C)(C(=O)N1C[C@@H](N)[C@H](c2ccccc2)C1)S(C)(=O)=O.Cl. The number of nitrogens with zero attached hydrogens (tertiary/aromatic N) is 1. The van der Waals surface area contributed by atoms with Crippen molar-refractivity contribution in [3.05, 3.63) is 35.9 Å². The lowest BCUT2D eigenvalue weighted by atomic mass is 9.95. The third-order valence-electron chi connectivity index (χ3n) is 4.32. The largest absolute Gasteiger partial charge is 0.339 e. The number of amides is 1. The minimum absolute atomic E-state index is 0. The predicted octanol–water partition coefficient (Wildman–Crippen LogP) is 1.18. The van der Waals surface area contributed by atoms with Gasteiger partial charge in [0.15, 0.2) is 9.84 Å². The molecule has 1 aromatic carbocycles. The number of sulfone groups is 1. The van der Waals surface area contributed by atoms with Crippen molar-refractivity contribution in [1.82, 2.24) is 4.90 Å². The molecule has 1 heterocycles. The lowest BCUT2D eigenvalue weighted by Crippen LogP contribution is -2.49. The first-order valence-electron chi connectivity index (χ1n) is 6.94. The summed E-state index contributed by atoms with van der Waals surface area (Å²) in [6, 6.07) is 9.60. The Labute approximate surface area is 138 Å². The summed E-state index contributed by atoms with van der Waals surface area (Å²) in [5.74, 6) is -0.329. The van der Waals surface area contributed by atoms with E-state index >= 15 is 0 Å². The van der Waals surface area contributed by atoms with Crippen LogP contribution in [0.2, 0.25) is 0 Å². The summed E-state index contributed by atoms with van der Waals surface area (Å²) in [7, 11) is -3.47. The van der Waals surface area contributed by atoms with Gasteiger partial charge < -0.3 is 10.6 Å². The van der Waals surface area contributed by atoms with Crippen molar-refractivity contribution in [1.29, 1.82) is 0 Å². The summed E-state index contributed by atoms with van der Waals surface area (Å²) in [6.45, 7) is 3.75. The first kappa shape index (κ1) is 18.9. The number of rotatable bonds is 3. The molecule has 1 fully saturated rings. The van der Waals surface area contributed by atoms with Gasteiger partial charge in [0, 0.05) is 31.3 Å². The monoisotopic (exact) mass is 346 g/mol. The Bertz CT molecular complexity index is 631. The van der Waals surface area contributed by atoms with E-state index in [0.717, 1.165) is 11.8 Å². The summed E-state index contributed by atoms with van der Waals surface area (Å²) in [5.41, 5.74) is 7.23. The highest BCUT2D eigenvalue weighted by Gasteiger charge is 2.45. The van der Waals surface area contributed by atoms with Crippen molar-refractivity contribution < 1.29 is 13.2 Å².